The summed E-state index contributed by atoms with van der Waals surface area (Å²) in [6.07, 6.45) is 0. The van der Waals surface area contributed by atoms with E-state index in [4.69, 9.17) is 4.74 Å². The summed E-state index contributed by atoms with van der Waals surface area (Å²) in [6, 6.07) is 19.6. The minimum atomic E-state index is -4.15. The van der Waals surface area contributed by atoms with Crippen LogP contribution < -0.4 is 14.4 Å². The van der Waals surface area contributed by atoms with E-state index in [2.05, 4.69) is 21.2 Å². The molecular formula is C30H36BrN3O5S. The first kappa shape index (κ1) is 31.2. The number of sulfonamides is 1. The first-order valence-electron chi connectivity index (χ1n) is 13.0. The van der Waals surface area contributed by atoms with Crippen LogP contribution >= 0.6 is 15.9 Å². The summed E-state index contributed by atoms with van der Waals surface area (Å²) in [5.74, 6) is -0.153. The quantitative estimate of drug-likeness (QED) is 0.299. The Hall–Kier alpha value is -3.37. The van der Waals surface area contributed by atoms with E-state index >= 15 is 0 Å². The highest BCUT2D eigenvalue weighted by molar-refractivity contribution is 9.10. The van der Waals surface area contributed by atoms with Gasteiger partial charge >= 0.3 is 0 Å². The van der Waals surface area contributed by atoms with Gasteiger partial charge in [-0.25, -0.2) is 8.42 Å². The second-order valence-corrected chi connectivity index (χ2v) is 12.8. The number of methoxy groups -OCH3 is 1. The largest absolute Gasteiger partial charge is 0.497 e. The molecule has 3 rings (SSSR count). The molecule has 10 heteroatoms. The van der Waals surface area contributed by atoms with E-state index in [0.717, 1.165) is 19.9 Å². The number of halogens is 1. The molecule has 2 amide bonds. The molecule has 0 heterocycles. The number of amides is 2. The highest BCUT2D eigenvalue weighted by Crippen LogP contribution is 2.28. The molecule has 40 heavy (non-hydrogen) atoms. The van der Waals surface area contributed by atoms with E-state index in [1.165, 1.54) is 24.1 Å². The van der Waals surface area contributed by atoms with Crippen LogP contribution in [0.2, 0.25) is 0 Å². The average Bonchev–Trinajstić information content (AvgIpc) is 2.93. The maximum Gasteiger partial charge on any atom is 0.264 e. The molecule has 3 aromatic carbocycles. The van der Waals surface area contributed by atoms with Crippen LogP contribution in [0.1, 0.15) is 31.9 Å². The molecule has 1 N–H and O–H groups in total. The number of benzene rings is 3. The summed E-state index contributed by atoms with van der Waals surface area (Å²) in [5, 5.41) is 2.88. The van der Waals surface area contributed by atoms with Crippen LogP contribution in [0.4, 0.5) is 5.69 Å². The standard InChI is InChI=1S/C30H36BrN3O5S/c1-21(2)18-32-30(36)23(4)33(19-24-11-13-25(31)14-12-24)29(35)20-34(26-7-6-8-27(17-26)39-5)40(37,38)28-15-9-22(3)10-16-28/h6-17,21,23H,18-20H2,1-5H3,(H,32,36)/t23-/m0/s1. The van der Waals surface area contributed by atoms with Gasteiger partial charge in [-0.1, -0.05) is 65.7 Å². The van der Waals surface area contributed by atoms with Gasteiger partial charge in [-0.05, 0) is 61.7 Å². The van der Waals surface area contributed by atoms with E-state index in [-0.39, 0.29) is 29.0 Å². The molecule has 0 saturated heterocycles. The molecular weight excluding hydrogens is 594 g/mol. The Balaban J connectivity index is 2.02. The molecule has 0 bridgehead atoms. The van der Waals surface area contributed by atoms with E-state index in [9.17, 15) is 18.0 Å². The maximum atomic E-state index is 14.0. The van der Waals surface area contributed by atoms with Gasteiger partial charge in [-0.15, -0.1) is 0 Å². The zero-order chi connectivity index (χ0) is 29.4. The fourth-order valence-corrected chi connectivity index (χ4v) is 5.62. The second-order valence-electron chi connectivity index (χ2n) is 9.99. The minimum absolute atomic E-state index is 0.0518. The first-order chi connectivity index (χ1) is 18.9. The Morgan fingerprint density at radius 2 is 1.62 bits per heavy atom. The number of hydrogen-bond acceptors (Lipinski definition) is 5. The number of carbonyl (C=O) groups is 2. The molecule has 1 atom stereocenters. The molecule has 0 aliphatic carbocycles. The summed E-state index contributed by atoms with van der Waals surface area (Å²) in [4.78, 5) is 28.5. The third-order valence-electron chi connectivity index (χ3n) is 6.35. The molecule has 0 aliphatic rings. The fraction of sp³-hybridized carbons (Fsp3) is 0.333. The van der Waals surface area contributed by atoms with Crippen molar-refractivity contribution in [2.45, 2.75) is 45.2 Å². The van der Waals surface area contributed by atoms with E-state index in [0.29, 0.717) is 12.3 Å². The van der Waals surface area contributed by atoms with Gasteiger partial charge in [0.05, 0.1) is 17.7 Å². The zero-order valence-corrected chi connectivity index (χ0v) is 25.8. The van der Waals surface area contributed by atoms with Crippen molar-refractivity contribution in [3.63, 3.8) is 0 Å². The molecule has 0 aliphatic heterocycles. The van der Waals surface area contributed by atoms with Gasteiger partial charge in [0, 0.05) is 23.6 Å². The third-order valence-corrected chi connectivity index (χ3v) is 8.66. The zero-order valence-electron chi connectivity index (χ0n) is 23.4. The molecule has 0 radical (unpaired) electrons. The van der Waals surface area contributed by atoms with Crippen molar-refractivity contribution in [2.75, 3.05) is 24.5 Å². The highest BCUT2D eigenvalue weighted by Gasteiger charge is 2.32. The Morgan fingerprint density at radius 1 is 0.975 bits per heavy atom. The van der Waals surface area contributed by atoms with Crippen molar-refractivity contribution in [1.82, 2.24) is 10.2 Å². The minimum Gasteiger partial charge on any atom is -0.497 e. The van der Waals surface area contributed by atoms with E-state index in [1.54, 1.807) is 43.3 Å². The summed E-state index contributed by atoms with van der Waals surface area (Å²) in [5.41, 5.74) is 1.98. The smallest absolute Gasteiger partial charge is 0.264 e. The van der Waals surface area contributed by atoms with Crippen LogP contribution in [0.15, 0.2) is 82.2 Å². The number of ether oxygens (including phenoxy) is 1. The van der Waals surface area contributed by atoms with Crippen LogP contribution in [0, 0.1) is 12.8 Å². The van der Waals surface area contributed by atoms with Gasteiger partial charge in [0.2, 0.25) is 11.8 Å². The molecule has 0 fully saturated rings. The number of anilines is 1. The van der Waals surface area contributed by atoms with Gasteiger partial charge < -0.3 is 15.0 Å². The van der Waals surface area contributed by atoms with Crippen molar-refractivity contribution in [3.8, 4) is 5.75 Å². The number of rotatable bonds is 12. The van der Waals surface area contributed by atoms with Crippen molar-refractivity contribution < 1.29 is 22.7 Å². The lowest BCUT2D eigenvalue weighted by Crippen LogP contribution is -2.51. The molecule has 0 unspecified atom stereocenters. The van der Waals surface area contributed by atoms with Crippen LogP contribution in [-0.2, 0) is 26.2 Å². The van der Waals surface area contributed by atoms with Crippen LogP contribution in [-0.4, -0.2) is 51.4 Å². The number of hydrogen-bond donors (Lipinski definition) is 1. The van der Waals surface area contributed by atoms with Gasteiger partial charge in [0.1, 0.15) is 18.3 Å². The van der Waals surface area contributed by atoms with Crippen molar-refractivity contribution >= 4 is 43.5 Å². The van der Waals surface area contributed by atoms with Gasteiger partial charge in [0.25, 0.3) is 10.0 Å². The molecule has 214 valence electrons. The van der Waals surface area contributed by atoms with Crippen LogP contribution in [0.3, 0.4) is 0 Å². The average molecular weight is 631 g/mol. The van der Waals surface area contributed by atoms with Crippen LogP contribution in [0.5, 0.6) is 5.75 Å². The summed E-state index contributed by atoms with van der Waals surface area (Å²) >= 11 is 3.42. The number of nitrogens with one attached hydrogen (secondary N) is 1. The summed E-state index contributed by atoms with van der Waals surface area (Å²) < 4.78 is 35.1. The van der Waals surface area contributed by atoms with Crippen molar-refractivity contribution in [1.29, 1.82) is 0 Å². The monoisotopic (exact) mass is 629 g/mol. The lowest BCUT2D eigenvalue weighted by Gasteiger charge is -2.32. The highest BCUT2D eigenvalue weighted by atomic mass is 79.9. The van der Waals surface area contributed by atoms with Crippen molar-refractivity contribution in [3.05, 3.63) is 88.4 Å². The summed E-state index contributed by atoms with van der Waals surface area (Å²) in [6.45, 7) is 7.55. The predicted molar refractivity (Wildman–Crippen MR) is 161 cm³/mol. The number of aryl methyl sites for hydroxylation is 1. The molecule has 0 saturated carbocycles. The lowest BCUT2D eigenvalue weighted by atomic mass is 10.1. The third kappa shape index (κ3) is 8.08. The SMILES string of the molecule is COc1cccc(N(CC(=O)N(Cc2ccc(Br)cc2)[C@@H](C)C(=O)NCC(C)C)S(=O)(=O)c2ccc(C)cc2)c1. The van der Waals surface area contributed by atoms with Gasteiger partial charge in [-0.3, -0.25) is 13.9 Å². The normalized spacial score (nSPS) is 12.1. The van der Waals surface area contributed by atoms with Gasteiger partial charge in [-0.2, -0.15) is 0 Å². The Bertz CT molecular complexity index is 1410. The van der Waals surface area contributed by atoms with E-state index in [1.807, 2.05) is 45.0 Å². The fourth-order valence-electron chi connectivity index (χ4n) is 3.95. The summed E-state index contributed by atoms with van der Waals surface area (Å²) in [7, 11) is -2.66. The van der Waals surface area contributed by atoms with Crippen molar-refractivity contribution in [2.24, 2.45) is 5.92 Å². The second kappa shape index (κ2) is 13.8. The molecule has 3 aromatic rings. The number of carbonyl (C=O) groups excluding carboxylic acids is 2. The van der Waals surface area contributed by atoms with E-state index < -0.39 is 28.5 Å². The Morgan fingerprint density at radius 3 is 2.23 bits per heavy atom. The van der Waals surface area contributed by atoms with Gasteiger partial charge in [0.15, 0.2) is 0 Å². The lowest BCUT2D eigenvalue weighted by molar-refractivity contribution is -0.139. The molecule has 0 aromatic heterocycles. The molecule has 0 spiro atoms. The Labute approximate surface area is 245 Å². The topological polar surface area (TPSA) is 96.0 Å². The number of nitrogens with zero attached hydrogens (tertiary/aromatic N) is 2. The molecule has 8 nitrogen and oxygen atoms in total. The predicted octanol–water partition coefficient (Wildman–Crippen LogP) is 5.15. The first-order valence-corrected chi connectivity index (χ1v) is 15.2. The van der Waals surface area contributed by atoms with Crippen LogP contribution in [0.25, 0.3) is 0 Å². The Kier molecular flexibility index (Phi) is 10.8. The maximum absolute atomic E-state index is 14.0.